The first-order valence-corrected chi connectivity index (χ1v) is 8.80. The van der Waals surface area contributed by atoms with Crippen LogP contribution < -0.4 is 10.6 Å². The molecule has 0 aliphatic rings. The third-order valence-corrected chi connectivity index (χ3v) is 4.27. The van der Waals surface area contributed by atoms with Crippen molar-refractivity contribution in [1.82, 2.24) is 5.32 Å². The molecule has 6 heteroatoms. The maximum Gasteiger partial charge on any atom is 0.339 e. The maximum absolute atomic E-state index is 11.9. The highest BCUT2D eigenvalue weighted by Crippen LogP contribution is 2.22. The topological polar surface area (TPSA) is 50.4 Å². The molecule has 4 nitrogen and oxygen atoms in total. The van der Waals surface area contributed by atoms with Crippen molar-refractivity contribution in [3.05, 3.63) is 64.2 Å². The second-order valence-corrected chi connectivity index (χ2v) is 6.41. The van der Waals surface area contributed by atoms with Gasteiger partial charge in [0.25, 0.3) is 0 Å². The average Bonchev–Trinajstić information content (AvgIpc) is 2.57. The van der Waals surface area contributed by atoms with Crippen LogP contribution in [-0.4, -0.2) is 17.7 Å². The predicted octanol–water partition coefficient (Wildman–Crippen LogP) is 4.87. The van der Waals surface area contributed by atoms with Crippen LogP contribution in [0.25, 0.3) is 0 Å². The van der Waals surface area contributed by atoms with Gasteiger partial charge in [0.15, 0.2) is 5.11 Å². The number of esters is 1. The van der Waals surface area contributed by atoms with Gasteiger partial charge in [-0.1, -0.05) is 35.9 Å². The van der Waals surface area contributed by atoms with Gasteiger partial charge >= 0.3 is 5.97 Å². The Balaban J connectivity index is 2.07. The summed E-state index contributed by atoms with van der Waals surface area (Å²) in [6.07, 6.45) is 0. The van der Waals surface area contributed by atoms with E-state index in [1.165, 1.54) is 11.1 Å². The number of ether oxygens (including phenoxy) is 1. The summed E-state index contributed by atoms with van der Waals surface area (Å²) in [6, 6.07) is 13.2. The first kappa shape index (κ1) is 19.2. The number of nitrogens with one attached hydrogen (secondary N) is 2. The normalized spacial score (nSPS) is 11.5. The molecule has 1 atom stereocenters. The van der Waals surface area contributed by atoms with Gasteiger partial charge in [-0.05, 0) is 62.3 Å². The Morgan fingerprint density at radius 3 is 2.68 bits per heavy atom. The molecule has 2 aromatic carbocycles. The van der Waals surface area contributed by atoms with Crippen LogP contribution in [0.3, 0.4) is 0 Å². The molecule has 0 aliphatic heterocycles. The maximum atomic E-state index is 11.9. The lowest BCUT2D eigenvalue weighted by Crippen LogP contribution is -2.31. The number of thiocarbonyl (C=S) groups is 1. The Labute approximate surface area is 158 Å². The molecular weight excluding hydrogens is 356 g/mol. The fourth-order valence-electron chi connectivity index (χ4n) is 2.48. The predicted molar refractivity (Wildman–Crippen MR) is 106 cm³/mol. The smallest absolute Gasteiger partial charge is 0.339 e. The molecule has 0 aromatic heterocycles. The lowest BCUT2D eigenvalue weighted by Gasteiger charge is -2.19. The van der Waals surface area contributed by atoms with E-state index in [0.29, 0.717) is 28.0 Å². The summed E-state index contributed by atoms with van der Waals surface area (Å²) in [6.45, 7) is 6.15. The molecule has 0 saturated heterocycles. The average molecular weight is 377 g/mol. The standard InChI is InChI=1S/C19H21ClN2O2S/c1-4-24-18(23)16-11-14(9-10-17(16)20)22-19(25)21-13(3)15-8-6-5-7-12(15)2/h5-11,13H,4H2,1-3H3,(H2,21,22,25)/t13-/m0/s1. The minimum Gasteiger partial charge on any atom is -0.462 e. The SMILES string of the molecule is CCOC(=O)c1cc(NC(=S)N[C@@H](C)c2ccccc2C)ccc1Cl. The van der Waals surface area contributed by atoms with Gasteiger partial charge in [0.2, 0.25) is 0 Å². The Morgan fingerprint density at radius 1 is 1.28 bits per heavy atom. The van der Waals surface area contributed by atoms with Crippen molar-refractivity contribution >= 4 is 40.6 Å². The molecule has 0 spiro atoms. The number of anilines is 1. The van der Waals surface area contributed by atoms with E-state index in [1.54, 1.807) is 25.1 Å². The number of aryl methyl sites for hydroxylation is 1. The van der Waals surface area contributed by atoms with E-state index < -0.39 is 5.97 Å². The molecule has 25 heavy (non-hydrogen) atoms. The molecule has 0 bridgehead atoms. The van der Waals surface area contributed by atoms with E-state index in [0.717, 1.165) is 0 Å². The number of rotatable bonds is 5. The van der Waals surface area contributed by atoms with E-state index in [9.17, 15) is 4.79 Å². The van der Waals surface area contributed by atoms with Gasteiger partial charge in [0.05, 0.1) is 23.2 Å². The molecule has 0 amide bonds. The Kier molecular flexibility index (Phi) is 6.79. The van der Waals surface area contributed by atoms with Crippen LogP contribution in [0.4, 0.5) is 5.69 Å². The molecule has 0 saturated carbocycles. The van der Waals surface area contributed by atoms with Crippen LogP contribution >= 0.6 is 23.8 Å². The van der Waals surface area contributed by atoms with Crippen LogP contribution in [0, 0.1) is 6.92 Å². The van der Waals surface area contributed by atoms with E-state index in [1.807, 2.05) is 19.1 Å². The highest BCUT2D eigenvalue weighted by Gasteiger charge is 2.14. The fraction of sp³-hybridized carbons (Fsp3) is 0.263. The molecule has 0 radical (unpaired) electrons. The zero-order chi connectivity index (χ0) is 18.4. The summed E-state index contributed by atoms with van der Waals surface area (Å²) in [5.74, 6) is -0.455. The van der Waals surface area contributed by atoms with Gasteiger partial charge in [0.1, 0.15) is 0 Å². The summed E-state index contributed by atoms with van der Waals surface area (Å²) in [7, 11) is 0. The van der Waals surface area contributed by atoms with Crippen molar-refractivity contribution in [1.29, 1.82) is 0 Å². The molecule has 0 aliphatic carbocycles. The largest absolute Gasteiger partial charge is 0.462 e. The van der Waals surface area contributed by atoms with Crippen molar-refractivity contribution in [2.24, 2.45) is 0 Å². The number of hydrogen-bond donors (Lipinski definition) is 2. The van der Waals surface area contributed by atoms with Gasteiger partial charge in [-0.25, -0.2) is 4.79 Å². The summed E-state index contributed by atoms with van der Waals surface area (Å²) in [4.78, 5) is 11.9. The van der Waals surface area contributed by atoms with E-state index in [2.05, 4.69) is 29.7 Å². The van der Waals surface area contributed by atoms with Crippen molar-refractivity contribution < 1.29 is 9.53 Å². The zero-order valence-electron chi connectivity index (χ0n) is 14.4. The highest BCUT2D eigenvalue weighted by molar-refractivity contribution is 7.80. The quantitative estimate of drug-likeness (QED) is 0.575. The van der Waals surface area contributed by atoms with Crippen molar-refractivity contribution in [2.45, 2.75) is 26.8 Å². The van der Waals surface area contributed by atoms with Crippen LogP contribution in [0.2, 0.25) is 5.02 Å². The molecular formula is C19H21ClN2O2S. The van der Waals surface area contributed by atoms with Crippen LogP contribution in [-0.2, 0) is 4.74 Å². The summed E-state index contributed by atoms with van der Waals surface area (Å²) < 4.78 is 5.00. The second kappa shape index (κ2) is 8.83. The van der Waals surface area contributed by atoms with Crippen LogP contribution in [0.15, 0.2) is 42.5 Å². The van der Waals surface area contributed by atoms with Crippen LogP contribution in [0.5, 0.6) is 0 Å². The van der Waals surface area contributed by atoms with Gasteiger partial charge in [-0.15, -0.1) is 0 Å². The lowest BCUT2D eigenvalue weighted by atomic mass is 10.0. The minimum atomic E-state index is -0.455. The van der Waals surface area contributed by atoms with Gasteiger partial charge in [0, 0.05) is 5.69 Å². The molecule has 0 heterocycles. The van der Waals surface area contributed by atoms with E-state index >= 15 is 0 Å². The van der Waals surface area contributed by atoms with Crippen LogP contribution in [0.1, 0.15) is 41.4 Å². The van der Waals surface area contributed by atoms with E-state index in [-0.39, 0.29) is 6.04 Å². The summed E-state index contributed by atoms with van der Waals surface area (Å²) in [5, 5.41) is 7.13. The molecule has 0 fully saturated rings. The van der Waals surface area contributed by atoms with Gasteiger partial charge < -0.3 is 15.4 Å². The molecule has 2 aromatic rings. The zero-order valence-corrected chi connectivity index (χ0v) is 16.0. The monoisotopic (exact) mass is 376 g/mol. The Morgan fingerprint density at radius 2 is 2.00 bits per heavy atom. The lowest BCUT2D eigenvalue weighted by molar-refractivity contribution is 0.0526. The van der Waals surface area contributed by atoms with Crippen molar-refractivity contribution in [3.63, 3.8) is 0 Å². The number of halogens is 1. The Hall–Kier alpha value is -2.11. The molecule has 2 N–H and O–H groups in total. The highest BCUT2D eigenvalue weighted by atomic mass is 35.5. The van der Waals surface area contributed by atoms with Gasteiger partial charge in [-0.3, -0.25) is 0 Å². The summed E-state index contributed by atoms with van der Waals surface area (Å²) in [5.41, 5.74) is 3.35. The minimum absolute atomic E-state index is 0.0537. The van der Waals surface area contributed by atoms with Crippen molar-refractivity contribution in [2.75, 3.05) is 11.9 Å². The number of carbonyl (C=O) groups is 1. The fourth-order valence-corrected chi connectivity index (χ4v) is 2.97. The third-order valence-electron chi connectivity index (χ3n) is 3.72. The number of benzene rings is 2. The second-order valence-electron chi connectivity index (χ2n) is 5.59. The first-order valence-electron chi connectivity index (χ1n) is 8.02. The summed E-state index contributed by atoms with van der Waals surface area (Å²) >= 11 is 11.4. The Bertz CT molecular complexity index is 780. The first-order chi connectivity index (χ1) is 11.9. The van der Waals surface area contributed by atoms with Gasteiger partial charge in [-0.2, -0.15) is 0 Å². The molecule has 0 unspecified atom stereocenters. The number of carbonyl (C=O) groups excluding carboxylic acids is 1. The number of hydrogen-bond acceptors (Lipinski definition) is 3. The third kappa shape index (κ3) is 5.18. The van der Waals surface area contributed by atoms with Crippen molar-refractivity contribution in [3.8, 4) is 0 Å². The molecule has 132 valence electrons. The molecule has 2 rings (SSSR count). The van der Waals surface area contributed by atoms with E-state index in [4.69, 9.17) is 28.6 Å².